The van der Waals surface area contributed by atoms with Gasteiger partial charge in [-0.05, 0) is 59.5 Å². The zero-order valence-corrected chi connectivity index (χ0v) is 23.4. The summed E-state index contributed by atoms with van der Waals surface area (Å²) >= 11 is 15.7. The van der Waals surface area contributed by atoms with Gasteiger partial charge in [-0.1, -0.05) is 58.7 Å². The molecule has 2 aromatic carbocycles. The molecule has 0 saturated carbocycles. The molecule has 0 bridgehead atoms. The van der Waals surface area contributed by atoms with E-state index in [2.05, 4.69) is 52.8 Å². The fraction of sp³-hybridized carbons (Fsp3) is 0.333. The summed E-state index contributed by atoms with van der Waals surface area (Å²) in [6, 6.07) is 20.5. The summed E-state index contributed by atoms with van der Waals surface area (Å²) in [7, 11) is 0. The number of likely N-dealkylation sites (tertiary alicyclic amines) is 1. The molecule has 3 heterocycles. The molecule has 6 nitrogen and oxygen atoms in total. The summed E-state index contributed by atoms with van der Waals surface area (Å²) in [6.45, 7) is 2.24. The van der Waals surface area contributed by atoms with Crippen LogP contribution in [0.5, 0.6) is 5.75 Å². The Kier molecular flexibility index (Phi) is 9.07. The van der Waals surface area contributed by atoms with Crippen LogP contribution >= 0.6 is 46.3 Å². The normalized spacial score (nSPS) is 18.4. The monoisotopic (exact) mass is 575 g/mol. The molecule has 0 aliphatic carbocycles. The molecule has 0 spiro atoms. The summed E-state index contributed by atoms with van der Waals surface area (Å²) < 4.78 is 17.7. The van der Waals surface area contributed by atoms with Crippen LogP contribution in [-0.2, 0) is 18.0 Å². The number of piperidine rings is 1. The number of thioether (sulfide) groups is 1. The fourth-order valence-corrected chi connectivity index (χ4v) is 5.78. The second-order valence-electron chi connectivity index (χ2n) is 8.71. The molecule has 0 radical (unpaired) electrons. The number of hydrogen-bond acceptors (Lipinski definition) is 8. The summed E-state index contributed by atoms with van der Waals surface area (Å²) in [5.74, 6) is 1.99. The van der Waals surface area contributed by atoms with Crippen LogP contribution in [0.3, 0.4) is 0 Å². The Morgan fingerprint density at radius 3 is 2.62 bits per heavy atom. The van der Waals surface area contributed by atoms with Crippen molar-refractivity contribution in [3.8, 4) is 16.5 Å². The van der Waals surface area contributed by atoms with Gasteiger partial charge >= 0.3 is 0 Å². The van der Waals surface area contributed by atoms with Gasteiger partial charge in [-0.15, -0.1) is 23.1 Å². The Morgan fingerprint density at radius 2 is 1.92 bits per heavy atom. The first kappa shape index (κ1) is 26.5. The number of ether oxygens (including phenoxy) is 2. The zero-order valence-electron chi connectivity index (χ0n) is 20.3. The molecule has 1 saturated heterocycles. The Balaban J connectivity index is 1.21. The molecular formula is C27H27Cl2N3O3S2. The van der Waals surface area contributed by atoms with Crippen molar-refractivity contribution in [1.82, 2.24) is 15.0 Å². The molecule has 5 rings (SSSR count). The second kappa shape index (κ2) is 12.7. The number of halogens is 2. The maximum absolute atomic E-state index is 6.43. The van der Waals surface area contributed by atoms with Gasteiger partial charge in [0.15, 0.2) is 11.6 Å². The van der Waals surface area contributed by atoms with Crippen molar-refractivity contribution in [3.05, 3.63) is 83.1 Å². The number of hydrogen-bond donors (Lipinski definition) is 0. The number of alkyl halides is 2. The molecular weight excluding hydrogens is 549 g/mol. The van der Waals surface area contributed by atoms with Crippen LogP contribution in [0.15, 0.2) is 75.5 Å². The van der Waals surface area contributed by atoms with Gasteiger partial charge in [0.25, 0.3) is 5.89 Å². The Labute approximate surface area is 234 Å². The van der Waals surface area contributed by atoms with Gasteiger partial charge < -0.3 is 14.0 Å². The SMILES string of the molecule is CSc1ccc(COC2CN(C(Cl)Cl)CCC2c2ccc(OCc3nc(-c4cccs4)no3)cc2)cc1. The quantitative estimate of drug-likeness (QED) is 0.112. The largest absolute Gasteiger partial charge is 0.484 e. The van der Waals surface area contributed by atoms with Gasteiger partial charge in [-0.3, -0.25) is 4.90 Å². The highest BCUT2D eigenvalue weighted by atomic mass is 35.5. The van der Waals surface area contributed by atoms with Gasteiger partial charge in [0.1, 0.15) is 5.75 Å². The Morgan fingerprint density at radius 1 is 1.11 bits per heavy atom. The lowest BCUT2D eigenvalue weighted by atomic mass is 9.87. The highest BCUT2D eigenvalue weighted by Crippen LogP contribution is 2.34. The van der Waals surface area contributed by atoms with E-state index >= 15 is 0 Å². The topological polar surface area (TPSA) is 60.6 Å². The number of aromatic nitrogens is 2. The number of rotatable bonds is 10. The smallest absolute Gasteiger partial charge is 0.264 e. The first-order valence-electron chi connectivity index (χ1n) is 11.9. The van der Waals surface area contributed by atoms with Gasteiger partial charge in [-0.2, -0.15) is 4.98 Å². The number of nitrogens with zero attached hydrogens (tertiary/aromatic N) is 3. The molecule has 1 aliphatic rings. The van der Waals surface area contributed by atoms with Gasteiger partial charge in [0.05, 0.1) is 17.6 Å². The minimum Gasteiger partial charge on any atom is -0.484 e. The highest BCUT2D eigenvalue weighted by Gasteiger charge is 2.33. The van der Waals surface area contributed by atoms with E-state index in [1.807, 2.05) is 34.5 Å². The summed E-state index contributed by atoms with van der Waals surface area (Å²) in [4.78, 5) is 8.11. The van der Waals surface area contributed by atoms with E-state index in [0.29, 0.717) is 24.9 Å². The first-order valence-corrected chi connectivity index (χ1v) is 14.9. The molecule has 2 atom stereocenters. The van der Waals surface area contributed by atoms with E-state index < -0.39 is 4.96 Å². The standard InChI is InChI=1S/C27H27Cl2N3O3S2/c1-36-21-10-4-18(5-11-21)16-34-23-15-32(27(28)29)13-12-22(23)19-6-8-20(9-7-19)33-17-25-30-26(31-35-25)24-3-2-14-37-24/h2-11,14,22-23,27H,12-13,15-17H2,1H3. The molecule has 0 amide bonds. The van der Waals surface area contributed by atoms with E-state index in [1.54, 1.807) is 23.1 Å². The third-order valence-corrected chi connectivity index (χ3v) is 8.53. The maximum Gasteiger partial charge on any atom is 0.264 e. The van der Waals surface area contributed by atoms with Gasteiger partial charge in [-0.25, -0.2) is 0 Å². The Bertz CT molecular complexity index is 1250. The average Bonchev–Trinajstić information content (AvgIpc) is 3.64. The van der Waals surface area contributed by atoms with Crippen LogP contribution in [0.25, 0.3) is 10.7 Å². The zero-order chi connectivity index (χ0) is 25.6. The highest BCUT2D eigenvalue weighted by molar-refractivity contribution is 7.98. The molecule has 1 aliphatic heterocycles. The predicted molar refractivity (Wildman–Crippen MR) is 150 cm³/mol. The van der Waals surface area contributed by atoms with Crippen molar-refractivity contribution in [2.24, 2.45) is 0 Å². The second-order valence-corrected chi connectivity index (χ2v) is 11.6. The molecule has 2 aromatic heterocycles. The molecule has 37 heavy (non-hydrogen) atoms. The van der Waals surface area contributed by atoms with Crippen LogP contribution in [-0.4, -0.2) is 45.5 Å². The minimum atomic E-state index is -0.547. The lowest BCUT2D eigenvalue weighted by Gasteiger charge is -2.39. The van der Waals surface area contributed by atoms with Crippen molar-refractivity contribution in [2.75, 3.05) is 19.3 Å². The third-order valence-electron chi connectivity index (χ3n) is 6.37. The molecule has 194 valence electrons. The molecule has 1 fully saturated rings. The van der Waals surface area contributed by atoms with Crippen LogP contribution in [0.4, 0.5) is 0 Å². The minimum absolute atomic E-state index is 0.0326. The Hall–Kier alpha value is -2.07. The van der Waals surface area contributed by atoms with E-state index in [9.17, 15) is 0 Å². The summed E-state index contributed by atoms with van der Waals surface area (Å²) in [5, 5.41) is 6.01. The third kappa shape index (κ3) is 6.88. The molecule has 10 heteroatoms. The molecule has 4 aromatic rings. The van der Waals surface area contributed by atoms with E-state index in [1.165, 1.54) is 10.5 Å². The average molecular weight is 577 g/mol. The van der Waals surface area contributed by atoms with Gasteiger partial charge in [0, 0.05) is 23.9 Å². The van der Waals surface area contributed by atoms with E-state index in [4.69, 9.17) is 37.2 Å². The van der Waals surface area contributed by atoms with Crippen molar-refractivity contribution >= 4 is 46.3 Å². The molecule has 2 unspecified atom stereocenters. The van der Waals surface area contributed by atoms with Crippen LogP contribution < -0.4 is 4.74 Å². The number of thiophene rings is 1. The van der Waals surface area contributed by atoms with Crippen LogP contribution in [0.2, 0.25) is 0 Å². The summed E-state index contributed by atoms with van der Waals surface area (Å²) in [6.07, 6.45) is 2.94. The van der Waals surface area contributed by atoms with Gasteiger partial charge in [0.2, 0.25) is 5.82 Å². The van der Waals surface area contributed by atoms with E-state index in [0.717, 1.165) is 29.2 Å². The van der Waals surface area contributed by atoms with Crippen LogP contribution in [0, 0.1) is 0 Å². The van der Waals surface area contributed by atoms with Crippen molar-refractivity contribution in [2.45, 2.75) is 41.5 Å². The van der Waals surface area contributed by atoms with Crippen molar-refractivity contribution in [1.29, 1.82) is 0 Å². The number of benzene rings is 2. The molecule has 0 N–H and O–H groups in total. The summed E-state index contributed by atoms with van der Waals surface area (Å²) in [5.41, 5.74) is 2.35. The fourth-order valence-electron chi connectivity index (χ4n) is 4.37. The van der Waals surface area contributed by atoms with Crippen molar-refractivity contribution < 1.29 is 14.0 Å². The maximum atomic E-state index is 6.43. The van der Waals surface area contributed by atoms with Crippen LogP contribution in [0.1, 0.15) is 29.4 Å². The first-order chi connectivity index (χ1) is 18.1. The lowest BCUT2D eigenvalue weighted by Crippen LogP contribution is -2.45. The lowest BCUT2D eigenvalue weighted by molar-refractivity contribution is -0.0226. The van der Waals surface area contributed by atoms with Crippen molar-refractivity contribution in [3.63, 3.8) is 0 Å². The van der Waals surface area contributed by atoms with E-state index in [-0.39, 0.29) is 18.6 Å². The predicted octanol–water partition coefficient (Wildman–Crippen LogP) is 7.23.